The van der Waals surface area contributed by atoms with Crippen molar-refractivity contribution < 1.29 is 19.1 Å². The van der Waals surface area contributed by atoms with Crippen molar-refractivity contribution in [3.8, 4) is 11.4 Å². The lowest BCUT2D eigenvalue weighted by Crippen LogP contribution is -2.28. The molecule has 3 aromatic rings. The normalized spacial score (nSPS) is 10.4. The molecule has 0 aliphatic rings. The first kappa shape index (κ1) is 19.2. The van der Waals surface area contributed by atoms with E-state index < -0.39 is 18.5 Å². The number of nitrogens with one attached hydrogen (secondary N) is 1. The Labute approximate surface area is 162 Å². The number of nitrogens with zero attached hydrogens (tertiary/aromatic N) is 2. The second kappa shape index (κ2) is 8.85. The Bertz CT molecular complexity index is 950. The molecular weight excluding hydrogens is 358 g/mol. The van der Waals surface area contributed by atoms with Gasteiger partial charge < -0.3 is 14.8 Å². The van der Waals surface area contributed by atoms with Crippen LogP contribution in [0.1, 0.15) is 21.6 Å². The Morgan fingerprint density at radius 2 is 1.79 bits per heavy atom. The van der Waals surface area contributed by atoms with E-state index in [0.29, 0.717) is 6.54 Å². The zero-order valence-corrected chi connectivity index (χ0v) is 15.7. The minimum atomic E-state index is -0.725. The second-order valence-electron chi connectivity index (χ2n) is 6.16. The summed E-state index contributed by atoms with van der Waals surface area (Å²) in [5, 5.41) is 6.93. The zero-order chi connectivity index (χ0) is 19.9. The van der Waals surface area contributed by atoms with Gasteiger partial charge in [-0.15, -0.1) is 0 Å². The molecular formula is C21H21N3O4. The highest BCUT2D eigenvalue weighted by Gasteiger charge is 2.20. The highest BCUT2D eigenvalue weighted by Crippen LogP contribution is 2.20. The Balaban J connectivity index is 1.57. The molecule has 0 unspecified atom stereocenters. The number of ether oxygens (including phenoxy) is 2. The number of amides is 1. The minimum Gasteiger partial charge on any atom is -0.493 e. The van der Waals surface area contributed by atoms with Gasteiger partial charge in [-0.25, -0.2) is 9.48 Å². The molecule has 0 aliphatic carbocycles. The number of carbonyl (C=O) groups excluding carboxylic acids is 2. The highest BCUT2D eigenvalue weighted by atomic mass is 16.5. The lowest BCUT2D eigenvalue weighted by molar-refractivity contribution is -0.124. The van der Waals surface area contributed by atoms with Gasteiger partial charge in [0.1, 0.15) is 0 Å². The summed E-state index contributed by atoms with van der Waals surface area (Å²) in [5.41, 5.74) is 2.90. The molecule has 1 amide bonds. The molecule has 144 valence electrons. The van der Waals surface area contributed by atoms with Crippen molar-refractivity contribution >= 4 is 11.9 Å². The number of methoxy groups -OCH3 is 1. The predicted molar refractivity (Wildman–Crippen MR) is 103 cm³/mol. The van der Waals surface area contributed by atoms with Crippen molar-refractivity contribution in [2.45, 2.75) is 13.5 Å². The number of rotatable bonds is 7. The van der Waals surface area contributed by atoms with Crippen molar-refractivity contribution in [1.82, 2.24) is 15.1 Å². The fourth-order valence-electron chi connectivity index (χ4n) is 2.52. The average molecular weight is 379 g/mol. The molecule has 0 aliphatic heterocycles. The molecule has 1 N–H and O–H groups in total. The van der Waals surface area contributed by atoms with E-state index in [1.54, 1.807) is 6.20 Å². The first-order valence-corrected chi connectivity index (χ1v) is 8.75. The molecule has 7 nitrogen and oxygen atoms in total. The van der Waals surface area contributed by atoms with Gasteiger partial charge in [-0.2, -0.15) is 5.10 Å². The van der Waals surface area contributed by atoms with Crippen LogP contribution < -0.4 is 10.1 Å². The van der Waals surface area contributed by atoms with Crippen molar-refractivity contribution in [2.24, 2.45) is 0 Å². The van der Waals surface area contributed by atoms with Gasteiger partial charge in [0.25, 0.3) is 5.91 Å². The van der Waals surface area contributed by atoms with E-state index in [1.165, 1.54) is 11.8 Å². The summed E-state index contributed by atoms with van der Waals surface area (Å²) < 4.78 is 11.8. The van der Waals surface area contributed by atoms with Crippen LogP contribution >= 0.6 is 0 Å². The van der Waals surface area contributed by atoms with E-state index in [9.17, 15) is 9.59 Å². The van der Waals surface area contributed by atoms with E-state index in [4.69, 9.17) is 9.47 Å². The maximum Gasteiger partial charge on any atom is 0.363 e. The van der Waals surface area contributed by atoms with Crippen LogP contribution in [-0.2, 0) is 16.1 Å². The first-order chi connectivity index (χ1) is 13.6. The topological polar surface area (TPSA) is 82.5 Å². The number of esters is 1. The van der Waals surface area contributed by atoms with Gasteiger partial charge >= 0.3 is 5.97 Å². The molecule has 2 aromatic carbocycles. The number of benzene rings is 2. The second-order valence-corrected chi connectivity index (χ2v) is 6.16. The standard InChI is InChI=1S/C21H21N3O4/c1-15-8-10-16(11-9-15)12-22-19(25)14-28-21(26)20-18(27-2)13-24(23-20)17-6-4-3-5-7-17/h3-11,13H,12,14H2,1-2H3,(H,22,25). The first-order valence-electron chi connectivity index (χ1n) is 8.75. The Kier molecular flexibility index (Phi) is 6.06. The number of aryl methyl sites for hydroxylation is 1. The fourth-order valence-corrected chi connectivity index (χ4v) is 2.52. The summed E-state index contributed by atoms with van der Waals surface area (Å²) in [7, 11) is 1.44. The molecule has 0 spiro atoms. The van der Waals surface area contributed by atoms with Gasteiger partial charge in [0.2, 0.25) is 5.69 Å². The number of carbonyl (C=O) groups is 2. The van der Waals surface area contributed by atoms with Crippen LogP contribution in [0, 0.1) is 6.92 Å². The maximum absolute atomic E-state index is 12.3. The molecule has 0 saturated carbocycles. The Morgan fingerprint density at radius 3 is 2.46 bits per heavy atom. The molecule has 0 fully saturated rings. The van der Waals surface area contributed by atoms with E-state index in [1.807, 2.05) is 61.5 Å². The van der Waals surface area contributed by atoms with Crippen molar-refractivity contribution in [3.63, 3.8) is 0 Å². The summed E-state index contributed by atoms with van der Waals surface area (Å²) in [5.74, 6) is -0.846. The SMILES string of the molecule is COc1cn(-c2ccccc2)nc1C(=O)OCC(=O)NCc1ccc(C)cc1. The largest absolute Gasteiger partial charge is 0.493 e. The van der Waals surface area contributed by atoms with Crippen LogP contribution in [0.25, 0.3) is 5.69 Å². The lowest BCUT2D eigenvalue weighted by atomic mass is 10.1. The third kappa shape index (κ3) is 4.76. The summed E-state index contributed by atoms with van der Waals surface area (Å²) >= 11 is 0. The molecule has 3 rings (SSSR count). The highest BCUT2D eigenvalue weighted by molar-refractivity contribution is 5.92. The van der Waals surface area contributed by atoms with Gasteiger partial charge in [0.05, 0.1) is 19.0 Å². The van der Waals surface area contributed by atoms with Crippen molar-refractivity contribution in [3.05, 3.63) is 77.6 Å². The molecule has 1 heterocycles. The van der Waals surface area contributed by atoms with Gasteiger partial charge in [-0.3, -0.25) is 4.79 Å². The van der Waals surface area contributed by atoms with Gasteiger partial charge in [-0.1, -0.05) is 48.0 Å². The third-order valence-corrected chi connectivity index (χ3v) is 4.06. The number of aromatic nitrogens is 2. The van der Waals surface area contributed by atoms with Crippen LogP contribution in [0.5, 0.6) is 5.75 Å². The van der Waals surface area contributed by atoms with E-state index >= 15 is 0 Å². The quantitative estimate of drug-likeness (QED) is 0.638. The van der Waals surface area contributed by atoms with Crippen molar-refractivity contribution in [2.75, 3.05) is 13.7 Å². The molecule has 0 bridgehead atoms. The Hall–Kier alpha value is -3.61. The minimum absolute atomic E-state index is 0.0117. The smallest absolute Gasteiger partial charge is 0.363 e. The molecule has 7 heteroatoms. The molecule has 0 atom stereocenters. The summed E-state index contributed by atoms with van der Waals surface area (Å²) in [6, 6.07) is 17.1. The lowest BCUT2D eigenvalue weighted by Gasteiger charge is -2.07. The van der Waals surface area contributed by atoms with Crippen molar-refractivity contribution in [1.29, 1.82) is 0 Å². The summed E-state index contributed by atoms with van der Waals surface area (Å²) in [6.07, 6.45) is 1.59. The number of hydrogen-bond donors (Lipinski definition) is 1. The van der Waals surface area contributed by atoms with E-state index in [-0.39, 0.29) is 11.4 Å². The van der Waals surface area contributed by atoms with Gasteiger partial charge in [0, 0.05) is 6.54 Å². The molecule has 0 saturated heterocycles. The van der Waals surface area contributed by atoms with Gasteiger partial charge in [-0.05, 0) is 24.6 Å². The summed E-state index contributed by atoms with van der Waals surface area (Å²) in [4.78, 5) is 24.3. The number of hydrogen-bond acceptors (Lipinski definition) is 5. The predicted octanol–water partition coefficient (Wildman–Crippen LogP) is 2.66. The third-order valence-electron chi connectivity index (χ3n) is 4.06. The monoisotopic (exact) mass is 379 g/mol. The Morgan fingerprint density at radius 1 is 1.07 bits per heavy atom. The van der Waals surface area contributed by atoms with Gasteiger partial charge in [0.15, 0.2) is 12.4 Å². The van der Waals surface area contributed by atoms with Crippen LogP contribution in [0.15, 0.2) is 60.8 Å². The zero-order valence-electron chi connectivity index (χ0n) is 15.7. The van der Waals surface area contributed by atoms with Crippen LogP contribution in [0.2, 0.25) is 0 Å². The molecule has 1 aromatic heterocycles. The van der Waals surface area contributed by atoms with Crippen LogP contribution in [0.4, 0.5) is 0 Å². The molecule has 0 radical (unpaired) electrons. The van der Waals surface area contributed by atoms with Crippen LogP contribution in [0.3, 0.4) is 0 Å². The average Bonchev–Trinajstić information content (AvgIpc) is 3.17. The number of para-hydroxylation sites is 1. The van der Waals surface area contributed by atoms with Crippen LogP contribution in [-0.4, -0.2) is 35.4 Å². The molecule has 28 heavy (non-hydrogen) atoms. The maximum atomic E-state index is 12.3. The fraction of sp³-hybridized carbons (Fsp3) is 0.190. The van der Waals surface area contributed by atoms with E-state index in [0.717, 1.165) is 16.8 Å². The van der Waals surface area contributed by atoms with E-state index in [2.05, 4.69) is 10.4 Å². The summed E-state index contributed by atoms with van der Waals surface area (Å²) in [6.45, 7) is 1.96.